The molecule has 2 aliphatic heterocycles. The molecule has 35 heavy (non-hydrogen) atoms. The highest BCUT2D eigenvalue weighted by Crippen LogP contribution is 2.54. The molecule has 2 aliphatic rings. The van der Waals surface area contributed by atoms with Crippen LogP contribution in [-0.4, -0.2) is 0 Å². The molecule has 6 aromatic carbocycles. The summed E-state index contributed by atoms with van der Waals surface area (Å²) < 4.78 is 13.2. The second-order valence-corrected chi connectivity index (χ2v) is 11.0. The molecule has 8 rings (SSSR count). The SMILES string of the molecule is c1ccc2c(c1)Oc1cc(-c3cccc4ccccc34)cc3c1P2c1c(ccc2ccccc12)O3. The van der Waals surface area contributed by atoms with E-state index >= 15 is 0 Å². The first kappa shape index (κ1) is 19.2. The van der Waals surface area contributed by atoms with E-state index in [1.165, 1.54) is 43.0 Å². The highest BCUT2D eigenvalue weighted by Gasteiger charge is 2.38. The van der Waals surface area contributed by atoms with Crippen LogP contribution in [0.15, 0.2) is 115 Å². The van der Waals surface area contributed by atoms with Crippen LogP contribution >= 0.6 is 7.92 Å². The zero-order valence-corrected chi connectivity index (χ0v) is 19.6. The van der Waals surface area contributed by atoms with Crippen molar-refractivity contribution in [2.24, 2.45) is 0 Å². The monoisotopic (exact) mass is 466 g/mol. The summed E-state index contributed by atoms with van der Waals surface area (Å²) in [6, 6.07) is 40.7. The summed E-state index contributed by atoms with van der Waals surface area (Å²) in [5.74, 6) is 3.68. The van der Waals surface area contributed by atoms with Crippen LogP contribution in [0.3, 0.4) is 0 Å². The molecule has 0 spiro atoms. The van der Waals surface area contributed by atoms with E-state index in [0.717, 1.165) is 28.6 Å². The van der Waals surface area contributed by atoms with Crippen LogP contribution in [0.25, 0.3) is 32.7 Å². The molecule has 0 amide bonds. The Morgan fingerprint density at radius 2 is 1.11 bits per heavy atom. The summed E-state index contributed by atoms with van der Waals surface area (Å²) in [6.07, 6.45) is 0. The standard InChI is InChI=1S/C32H19O2P/c1-3-11-23-20(8-1)10-7-13-24(23)22-18-28-32-29(19-22)34-27-17-16-21-9-2-4-12-25(21)31(27)35(32)30-15-6-5-14-26(30)33-28/h1-19H. The minimum atomic E-state index is -0.817. The van der Waals surface area contributed by atoms with Crippen LogP contribution in [0, 0.1) is 0 Å². The molecule has 0 radical (unpaired) electrons. The van der Waals surface area contributed by atoms with Crippen LogP contribution in [0.5, 0.6) is 23.0 Å². The second-order valence-electron chi connectivity index (χ2n) is 8.99. The Hall–Kier alpha value is -4.13. The van der Waals surface area contributed by atoms with Crippen LogP contribution in [0.1, 0.15) is 0 Å². The lowest BCUT2D eigenvalue weighted by molar-refractivity contribution is 0.467. The molecule has 164 valence electrons. The minimum Gasteiger partial charge on any atom is -0.456 e. The van der Waals surface area contributed by atoms with Crippen molar-refractivity contribution in [2.75, 3.05) is 0 Å². The molecule has 1 atom stereocenters. The van der Waals surface area contributed by atoms with Crippen molar-refractivity contribution < 1.29 is 9.47 Å². The third-order valence-electron chi connectivity index (χ3n) is 7.00. The van der Waals surface area contributed by atoms with Gasteiger partial charge in [-0.15, -0.1) is 0 Å². The molecule has 0 fully saturated rings. The molecule has 0 bridgehead atoms. The first-order chi connectivity index (χ1) is 17.3. The highest BCUT2D eigenvalue weighted by atomic mass is 31.1. The third kappa shape index (κ3) is 2.75. The van der Waals surface area contributed by atoms with E-state index in [0.29, 0.717) is 0 Å². The van der Waals surface area contributed by atoms with Crippen molar-refractivity contribution in [3.8, 4) is 34.1 Å². The lowest BCUT2D eigenvalue weighted by Crippen LogP contribution is -2.32. The summed E-state index contributed by atoms with van der Waals surface area (Å²) in [5.41, 5.74) is 2.29. The van der Waals surface area contributed by atoms with Gasteiger partial charge < -0.3 is 9.47 Å². The van der Waals surface area contributed by atoms with E-state index in [1.807, 2.05) is 0 Å². The molecule has 0 aromatic heterocycles. The second kappa shape index (κ2) is 7.18. The van der Waals surface area contributed by atoms with Crippen LogP contribution in [-0.2, 0) is 0 Å². The van der Waals surface area contributed by atoms with E-state index < -0.39 is 7.92 Å². The normalized spacial score (nSPS) is 15.0. The number of para-hydroxylation sites is 1. The summed E-state index contributed by atoms with van der Waals surface area (Å²) in [4.78, 5) is 0. The minimum absolute atomic E-state index is 0.817. The average molecular weight is 466 g/mol. The number of ether oxygens (including phenoxy) is 2. The van der Waals surface area contributed by atoms with E-state index in [2.05, 4.69) is 115 Å². The van der Waals surface area contributed by atoms with E-state index in [-0.39, 0.29) is 0 Å². The zero-order chi connectivity index (χ0) is 22.9. The van der Waals surface area contributed by atoms with Gasteiger partial charge in [0.25, 0.3) is 0 Å². The molecule has 3 heteroatoms. The first-order valence-corrected chi connectivity index (χ1v) is 13.1. The van der Waals surface area contributed by atoms with Crippen molar-refractivity contribution in [1.82, 2.24) is 0 Å². The fourth-order valence-electron chi connectivity index (χ4n) is 5.46. The van der Waals surface area contributed by atoms with Gasteiger partial charge in [-0.1, -0.05) is 91.0 Å². The van der Waals surface area contributed by atoms with Crippen molar-refractivity contribution in [1.29, 1.82) is 0 Å². The number of hydrogen-bond acceptors (Lipinski definition) is 2. The fraction of sp³-hybridized carbons (Fsp3) is 0. The Morgan fingerprint density at radius 1 is 0.457 bits per heavy atom. The molecule has 0 N–H and O–H groups in total. The largest absolute Gasteiger partial charge is 0.456 e. The highest BCUT2D eigenvalue weighted by molar-refractivity contribution is 7.81. The van der Waals surface area contributed by atoms with Crippen molar-refractivity contribution >= 4 is 45.4 Å². The van der Waals surface area contributed by atoms with E-state index in [1.54, 1.807) is 0 Å². The van der Waals surface area contributed by atoms with Gasteiger partial charge in [0, 0.05) is 18.5 Å². The van der Waals surface area contributed by atoms with Crippen molar-refractivity contribution in [3.63, 3.8) is 0 Å². The number of rotatable bonds is 1. The molecule has 6 aromatic rings. The van der Waals surface area contributed by atoms with Gasteiger partial charge in [-0.2, -0.15) is 0 Å². The smallest absolute Gasteiger partial charge is 0.140 e. The summed E-state index contributed by atoms with van der Waals surface area (Å²) in [5, 5.41) is 8.63. The Bertz CT molecular complexity index is 1800. The van der Waals surface area contributed by atoms with Crippen LogP contribution in [0.4, 0.5) is 0 Å². The van der Waals surface area contributed by atoms with E-state index in [4.69, 9.17) is 9.47 Å². The predicted octanol–water partition coefficient (Wildman–Crippen LogP) is 7.63. The maximum atomic E-state index is 6.66. The molecular weight excluding hydrogens is 447 g/mol. The van der Waals surface area contributed by atoms with Gasteiger partial charge in [-0.25, -0.2) is 0 Å². The molecule has 0 saturated carbocycles. The van der Waals surface area contributed by atoms with Gasteiger partial charge in [-0.3, -0.25) is 0 Å². The summed E-state index contributed by atoms with van der Waals surface area (Å²) in [6.45, 7) is 0. The molecule has 0 aliphatic carbocycles. The van der Waals surface area contributed by atoms with Gasteiger partial charge in [-0.05, 0) is 56.9 Å². The first-order valence-electron chi connectivity index (χ1n) is 11.8. The van der Waals surface area contributed by atoms with Crippen molar-refractivity contribution in [3.05, 3.63) is 115 Å². The molecule has 2 heterocycles. The van der Waals surface area contributed by atoms with Gasteiger partial charge in [0.05, 0.1) is 5.30 Å². The number of fused-ring (bicyclic) bond motifs is 7. The fourth-order valence-corrected chi connectivity index (χ4v) is 8.18. The van der Waals surface area contributed by atoms with Gasteiger partial charge >= 0.3 is 0 Å². The zero-order valence-electron chi connectivity index (χ0n) is 18.7. The molecule has 0 saturated heterocycles. The quantitative estimate of drug-likeness (QED) is 0.232. The van der Waals surface area contributed by atoms with E-state index in [9.17, 15) is 0 Å². The van der Waals surface area contributed by atoms with Gasteiger partial charge in [0.1, 0.15) is 23.0 Å². The Kier molecular flexibility index (Phi) is 3.94. The number of hydrogen-bond donors (Lipinski definition) is 0. The molecular formula is C32H19O2P. The van der Waals surface area contributed by atoms with Crippen LogP contribution in [0.2, 0.25) is 0 Å². The Morgan fingerprint density at radius 3 is 1.97 bits per heavy atom. The van der Waals surface area contributed by atoms with Gasteiger partial charge in [0.15, 0.2) is 0 Å². The summed E-state index contributed by atoms with van der Waals surface area (Å²) >= 11 is 0. The Labute approximate surface area is 204 Å². The Balaban J connectivity index is 1.43. The van der Waals surface area contributed by atoms with Crippen molar-refractivity contribution in [2.45, 2.75) is 0 Å². The van der Waals surface area contributed by atoms with Gasteiger partial charge in [0.2, 0.25) is 0 Å². The average Bonchev–Trinajstić information content (AvgIpc) is 2.92. The maximum Gasteiger partial charge on any atom is 0.140 e. The number of benzene rings is 6. The predicted molar refractivity (Wildman–Crippen MR) is 146 cm³/mol. The lowest BCUT2D eigenvalue weighted by atomic mass is 9.98. The topological polar surface area (TPSA) is 18.5 Å². The lowest BCUT2D eigenvalue weighted by Gasteiger charge is -2.35. The molecule has 1 unspecified atom stereocenters. The molecule has 2 nitrogen and oxygen atoms in total. The summed E-state index contributed by atoms with van der Waals surface area (Å²) in [7, 11) is -0.817. The van der Waals surface area contributed by atoms with Crippen LogP contribution < -0.4 is 25.4 Å². The maximum absolute atomic E-state index is 6.66. The third-order valence-corrected chi connectivity index (χ3v) is 9.65.